The van der Waals surface area contributed by atoms with Crippen LogP contribution in [0.4, 0.5) is 0 Å². The number of carbonyl (C=O) groups is 1. The first kappa shape index (κ1) is 20.1. The topological polar surface area (TPSA) is 95.7 Å². The van der Waals surface area contributed by atoms with Gasteiger partial charge in [-0.05, 0) is 55.5 Å². The molecular weight excluding hydrogens is 406 g/mol. The van der Waals surface area contributed by atoms with Crippen molar-refractivity contribution in [3.8, 4) is 11.8 Å². The third-order valence-electron chi connectivity index (χ3n) is 6.56. The van der Waals surface area contributed by atoms with Crippen LogP contribution in [0.5, 0.6) is 11.8 Å². The molecule has 162 valence electrons. The molecule has 2 aromatic rings. The highest BCUT2D eigenvalue weighted by Crippen LogP contribution is 2.47. The van der Waals surface area contributed by atoms with Crippen molar-refractivity contribution in [1.82, 2.24) is 14.5 Å². The lowest BCUT2D eigenvalue weighted by molar-refractivity contribution is 0.0572. The van der Waals surface area contributed by atoms with E-state index < -0.39 is 29.3 Å². The third-order valence-corrected chi connectivity index (χ3v) is 6.56. The van der Waals surface area contributed by atoms with Crippen molar-refractivity contribution in [2.75, 3.05) is 6.54 Å². The Morgan fingerprint density at radius 2 is 1.94 bits per heavy atom. The van der Waals surface area contributed by atoms with Gasteiger partial charge in [-0.1, -0.05) is 35.7 Å². The van der Waals surface area contributed by atoms with Crippen LogP contribution in [0.1, 0.15) is 53.8 Å². The Kier molecular flexibility index (Phi) is 4.66. The lowest BCUT2D eigenvalue weighted by Gasteiger charge is -2.42. The van der Waals surface area contributed by atoms with E-state index in [4.69, 9.17) is 0 Å². The van der Waals surface area contributed by atoms with E-state index in [2.05, 4.69) is 28.6 Å². The number of rotatable bonds is 2. The van der Waals surface area contributed by atoms with E-state index in [0.29, 0.717) is 0 Å². The molecule has 1 aromatic carbocycles. The summed E-state index contributed by atoms with van der Waals surface area (Å²) in [6, 6.07) is 6.87. The van der Waals surface area contributed by atoms with Gasteiger partial charge in [0.05, 0.1) is 6.04 Å². The maximum absolute atomic E-state index is 13.2. The molecule has 0 spiro atoms. The van der Waals surface area contributed by atoms with Gasteiger partial charge in [-0.3, -0.25) is 14.2 Å². The summed E-state index contributed by atoms with van der Waals surface area (Å²) in [5.41, 5.74) is 9.39. The van der Waals surface area contributed by atoms with Gasteiger partial charge in [0, 0.05) is 24.1 Å². The minimum Gasteiger partial charge on any atom is -0.501 e. The lowest BCUT2D eigenvalue weighted by Crippen LogP contribution is -2.49. The molecule has 0 fully saturated rings. The number of aryl methyl sites for hydroxylation is 1. The molecule has 0 saturated heterocycles. The molecule has 5 rings (SSSR count). The fourth-order valence-electron chi connectivity index (χ4n) is 5.05. The zero-order valence-electron chi connectivity index (χ0n) is 17.9. The molecule has 2 aliphatic carbocycles. The van der Waals surface area contributed by atoms with E-state index in [1.54, 1.807) is 4.90 Å². The van der Waals surface area contributed by atoms with Gasteiger partial charge in [0.25, 0.3) is 11.9 Å². The molecule has 3 aliphatic rings. The zero-order chi connectivity index (χ0) is 22.6. The quantitative estimate of drug-likeness (QED) is 0.716. The molecule has 0 bridgehead atoms. The first-order chi connectivity index (χ1) is 15.4. The second-order valence-corrected chi connectivity index (χ2v) is 8.62. The number of fused-ring (bicyclic) bond motifs is 3. The van der Waals surface area contributed by atoms with Gasteiger partial charge in [-0.15, -0.1) is 0 Å². The molecule has 7 heteroatoms. The second-order valence-electron chi connectivity index (χ2n) is 8.62. The van der Waals surface area contributed by atoms with Crippen LogP contribution < -0.4 is 5.56 Å². The van der Waals surface area contributed by atoms with Gasteiger partial charge in [-0.2, -0.15) is 4.98 Å². The molecule has 0 radical (unpaired) electrons. The fourth-order valence-corrected chi connectivity index (χ4v) is 5.05. The number of nitrogens with zero attached hydrogens (tertiary/aromatic N) is 3. The standard InChI is InChI=1S/C25H23N3O4/c1-14(2)27-13-19(28-21(24(27)31)22(29)23(30)26-25(28)32)20-17-9-5-3-7-15(17)11-12-16-8-4-6-10-18(16)20/h3-5,7-9,14,19-20,29H,11-13H2,1-2H3,(H,26,30,32)/t19-,20?/m1/s1. The molecule has 1 aliphatic heterocycles. The van der Waals surface area contributed by atoms with Crippen LogP contribution in [-0.4, -0.2) is 43.2 Å². The van der Waals surface area contributed by atoms with Gasteiger partial charge < -0.3 is 15.1 Å². The third kappa shape index (κ3) is 2.94. The number of carbonyl (C=O) groups excluding carboxylic acids is 1. The van der Waals surface area contributed by atoms with Gasteiger partial charge >= 0.3 is 5.56 Å². The summed E-state index contributed by atoms with van der Waals surface area (Å²) in [5, 5.41) is 21.3. The highest BCUT2D eigenvalue weighted by molar-refractivity contribution is 5.96. The largest absolute Gasteiger partial charge is 0.501 e. The van der Waals surface area contributed by atoms with E-state index in [9.17, 15) is 19.8 Å². The van der Waals surface area contributed by atoms with Crippen LogP contribution in [0, 0.1) is 0 Å². The van der Waals surface area contributed by atoms with Crippen molar-refractivity contribution in [2.24, 2.45) is 0 Å². The van der Waals surface area contributed by atoms with Crippen LogP contribution in [-0.2, 0) is 6.42 Å². The Morgan fingerprint density at radius 3 is 2.72 bits per heavy atom. The van der Waals surface area contributed by atoms with Crippen molar-refractivity contribution in [2.45, 2.75) is 44.7 Å². The van der Waals surface area contributed by atoms with E-state index in [0.717, 1.165) is 29.6 Å². The number of hydrogen-bond acceptors (Lipinski definition) is 5. The zero-order valence-corrected chi connectivity index (χ0v) is 17.9. The molecule has 2 heterocycles. The molecule has 32 heavy (non-hydrogen) atoms. The highest BCUT2D eigenvalue weighted by atomic mass is 16.3. The summed E-state index contributed by atoms with van der Waals surface area (Å²) in [7, 11) is 0. The predicted molar refractivity (Wildman–Crippen MR) is 118 cm³/mol. The van der Waals surface area contributed by atoms with Gasteiger partial charge in [0.15, 0.2) is 5.69 Å². The summed E-state index contributed by atoms with van der Waals surface area (Å²) in [6.07, 6.45) is 5.55. The van der Waals surface area contributed by atoms with Crippen molar-refractivity contribution >= 4 is 5.91 Å². The van der Waals surface area contributed by atoms with E-state index >= 15 is 0 Å². The number of hydrogen-bond donors (Lipinski definition) is 2. The monoisotopic (exact) mass is 429 g/mol. The maximum Gasteiger partial charge on any atom is 0.318 e. The van der Waals surface area contributed by atoms with Crippen LogP contribution in [0.2, 0.25) is 0 Å². The number of amides is 1. The lowest BCUT2D eigenvalue weighted by atomic mass is 9.80. The molecule has 0 saturated carbocycles. The summed E-state index contributed by atoms with van der Waals surface area (Å²) in [5.74, 6) is -1.54. The number of benzene rings is 1. The van der Waals surface area contributed by atoms with E-state index in [-0.39, 0.29) is 24.2 Å². The van der Waals surface area contributed by atoms with Crippen LogP contribution in [0.3, 0.4) is 0 Å². The molecule has 1 amide bonds. The predicted octanol–water partition coefficient (Wildman–Crippen LogP) is 2.97. The van der Waals surface area contributed by atoms with Gasteiger partial charge in [-0.25, -0.2) is 0 Å². The SMILES string of the molecule is CC(C)N1C[C@H](C2C3=C=C=CC=C3CCc3ccccc32)n2c(O)nc(=O)c(O)c2C1=O. The second kappa shape index (κ2) is 7.41. The van der Waals surface area contributed by atoms with Crippen molar-refractivity contribution in [1.29, 1.82) is 0 Å². The van der Waals surface area contributed by atoms with Gasteiger partial charge in [0.1, 0.15) is 0 Å². The Labute approximate surface area is 185 Å². The Hall–Kier alpha value is -3.79. The molecule has 1 aromatic heterocycles. The molecule has 2 N–H and O–H groups in total. The Balaban J connectivity index is 1.83. The number of aromatic nitrogens is 2. The normalized spacial score (nSPS) is 21.5. The average molecular weight is 429 g/mol. The smallest absolute Gasteiger partial charge is 0.318 e. The van der Waals surface area contributed by atoms with Crippen LogP contribution >= 0.6 is 0 Å². The molecular formula is C25H23N3O4. The molecule has 2 atom stereocenters. The van der Waals surface area contributed by atoms with Crippen molar-refractivity contribution < 1.29 is 15.0 Å². The minimum atomic E-state index is -1.02. The van der Waals surface area contributed by atoms with Crippen molar-refractivity contribution in [3.63, 3.8) is 0 Å². The maximum atomic E-state index is 13.2. The van der Waals surface area contributed by atoms with E-state index in [1.165, 1.54) is 10.1 Å². The molecule has 1 unspecified atom stereocenters. The summed E-state index contributed by atoms with van der Waals surface area (Å²) in [6.45, 7) is 4.05. The summed E-state index contributed by atoms with van der Waals surface area (Å²) < 4.78 is 1.33. The summed E-state index contributed by atoms with van der Waals surface area (Å²) >= 11 is 0. The van der Waals surface area contributed by atoms with Crippen LogP contribution in [0.15, 0.2) is 63.8 Å². The van der Waals surface area contributed by atoms with Gasteiger partial charge in [0.2, 0.25) is 5.75 Å². The number of aromatic hydroxyl groups is 2. The Morgan fingerprint density at radius 1 is 1.16 bits per heavy atom. The first-order valence-electron chi connectivity index (χ1n) is 10.7. The highest BCUT2D eigenvalue weighted by Gasteiger charge is 2.43. The van der Waals surface area contributed by atoms with Crippen LogP contribution in [0.25, 0.3) is 0 Å². The fraction of sp³-hybridized carbons (Fsp3) is 0.320. The minimum absolute atomic E-state index is 0.171. The number of allylic oxidation sites excluding steroid dienone is 4. The van der Waals surface area contributed by atoms with E-state index in [1.807, 2.05) is 38.1 Å². The van der Waals surface area contributed by atoms with Crippen molar-refractivity contribution in [3.05, 3.63) is 86.2 Å². The average Bonchev–Trinajstić information content (AvgIpc) is 2.94. The Bertz CT molecular complexity index is 1340. The first-order valence-corrected chi connectivity index (χ1v) is 10.7. The summed E-state index contributed by atoms with van der Waals surface area (Å²) in [4.78, 5) is 30.6. The molecule has 7 nitrogen and oxygen atoms in total.